The highest BCUT2D eigenvalue weighted by atomic mass is 32.2. The van der Waals surface area contributed by atoms with Crippen LogP contribution >= 0.6 is 0 Å². The van der Waals surface area contributed by atoms with Crippen molar-refractivity contribution in [3.8, 4) is 11.5 Å². The molecular weight excluding hydrogens is 416 g/mol. The maximum Gasteiger partial charge on any atom is 0.262 e. The lowest BCUT2D eigenvalue weighted by Gasteiger charge is -2.13. The van der Waals surface area contributed by atoms with Gasteiger partial charge in [0.15, 0.2) is 6.61 Å². The van der Waals surface area contributed by atoms with Crippen molar-refractivity contribution in [1.29, 1.82) is 0 Å². The fourth-order valence-corrected chi connectivity index (χ4v) is 3.61. The summed E-state index contributed by atoms with van der Waals surface area (Å²) >= 11 is 0. The minimum atomic E-state index is -3.58. The monoisotopic (exact) mass is 440 g/mol. The maximum atomic E-state index is 12.2. The molecule has 0 unspecified atom stereocenters. The molecule has 0 aliphatic carbocycles. The average molecular weight is 441 g/mol. The van der Waals surface area contributed by atoms with Gasteiger partial charge in [-0.25, -0.2) is 12.7 Å². The van der Waals surface area contributed by atoms with Crippen LogP contribution in [0.5, 0.6) is 11.5 Å². The molecule has 0 bridgehead atoms. The predicted octanol–water partition coefficient (Wildman–Crippen LogP) is 3.53. The van der Waals surface area contributed by atoms with E-state index in [0.29, 0.717) is 23.8 Å². The lowest BCUT2D eigenvalue weighted by atomic mass is 10.2. The standard InChI is InChI=1S/C23H24N2O5S/c1-25(2)31(27,28)22-10-6-9-19(15-22)24-23(26)17-30-21-13-11-20(12-14-21)29-16-18-7-4-3-5-8-18/h3-15H,16-17H2,1-2H3,(H,24,26). The quantitative estimate of drug-likeness (QED) is 0.550. The number of anilines is 1. The van der Waals surface area contributed by atoms with Crippen LogP contribution in [0, 0.1) is 0 Å². The van der Waals surface area contributed by atoms with Gasteiger partial charge in [-0.05, 0) is 48.0 Å². The number of carbonyl (C=O) groups excluding carboxylic acids is 1. The molecule has 8 heteroatoms. The van der Waals surface area contributed by atoms with E-state index >= 15 is 0 Å². The average Bonchev–Trinajstić information content (AvgIpc) is 2.78. The van der Waals surface area contributed by atoms with Gasteiger partial charge in [-0.2, -0.15) is 0 Å². The second-order valence-electron chi connectivity index (χ2n) is 6.90. The van der Waals surface area contributed by atoms with Gasteiger partial charge >= 0.3 is 0 Å². The number of amides is 1. The molecule has 1 N–H and O–H groups in total. The Bertz CT molecular complexity index is 1110. The molecule has 1 amide bonds. The summed E-state index contributed by atoms with van der Waals surface area (Å²) in [6.07, 6.45) is 0. The molecular formula is C23H24N2O5S. The summed E-state index contributed by atoms with van der Waals surface area (Å²) in [7, 11) is -0.677. The van der Waals surface area contributed by atoms with Gasteiger partial charge in [0, 0.05) is 19.8 Å². The van der Waals surface area contributed by atoms with Crippen molar-refractivity contribution in [3.63, 3.8) is 0 Å². The van der Waals surface area contributed by atoms with Crippen molar-refractivity contribution < 1.29 is 22.7 Å². The van der Waals surface area contributed by atoms with Crippen LogP contribution in [0.2, 0.25) is 0 Å². The van der Waals surface area contributed by atoms with Crippen molar-refractivity contribution in [2.24, 2.45) is 0 Å². The third-order valence-corrected chi connectivity index (χ3v) is 6.15. The van der Waals surface area contributed by atoms with E-state index in [1.54, 1.807) is 36.4 Å². The second kappa shape index (κ2) is 10.1. The van der Waals surface area contributed by atoms with Crippen molar-refractivity contribution in [2.75, 3.05) is 26.0 Å². The Morgan fingerprint density at radius 3 is 2.16 bits per heavy atom. The molecule has 3 aromatic rings. The molecule has 162 valence electrons. The Labute approximate surface area is 182 Å². The highest BCUT2D eigenvalue weighted by Gasteiger charge is 2.17. The predicted molar refractivity (Wildman–Crippen MR) is 119 cm³/mol. The zero-order valence-electron chi connectivity index (χ0n) is 17.3. The van der Waals surface area contributed by atoms with Crippen LogP contribution in [0.1, 0.15) is 5.56 Å². The van der Waals surface area contributed by atoms with Crippen LogP contribution < -0.4 is 14.8 Å². The zero-order valence-corrected chi connectivity index (χ0v) is 18.1. The first-order valence-electron chi connectivity index (χ1n) is 9.56. The molecule has 0 radical (unpaired) electrons. The summed E-state index contributed by atoms with van der Waals surface area (Å²) in [6.45, 7) is 0.251. The summed E-state index contributed by atoms with van der Waals surface area (Å²) < 4.78 is 36.8. The Hall–Kier alpha value is -3.36. The number of hydrogen-bond acceptors (Lipinski definition) is 5. The molecule has 0 aliphatic heterocycles. The lowest BCUT2D eigenvalue weighted by Crippen LogP contribution is -2.23. The number of ether oxygens (including phenoxy) is 2. The van der Waals surface area contributed by atoms with Gasteiger partial charge in [0.2, 0.25) is 10.0 Å². The van der Waals surface area contributed by atoms with Gasteiger partial charge in [0.1, 0.15) is 18.1 Å². The van der Waals surface area contributed by atoms with E-state index in [0.717, 1.165) is 9.87 Å². The molecule has 0 aliphatic rings. The molecule has 0 atom stereocenters. The molecule has 7 nitrogen and oxygen atoms in total. The third-order valence-electron chi connectivity index (χ3n) is 4.34. The molecule has 0 fully saturated rings. The summed E-state index contributed by atoms with van der Waals surface area (Å²) in [6, 6.07) is 22.9. The Kier molecular flexibility index (Phi) is 7.28. The van der Waals surface area contributed by atoms with Gasteiger partial charge in [0.25, 0.3) is 5.91 Å². The first kappa shape index (κ1) is 22.3. The van der Waals surface area contributed by atoms with Crippen LogP contribution in [-0.4, -0.2) is 39.3 Å². The van der Waals surface area contributed by atoms with Crippen LogP contribution in [-0.2, 0) is 21.4 Å². The second-order valence-corrected chi connectivity index (χ2v) is 9.05. The third kappa shape index (κ3) is 6.31. The zero-order chi connectivity index (χ0) is 22.3. The number of nitrogens with one attached hydrogen (secondary N) is 1. The topological polar surface area (TPSA) is 84.9 Å². The SMILES string of the molecule is CN(C)S(=O)(=O)c1cccc(NC(=O)COc2ccc(OCc3ccccc3)cc2)c1. The Balaban J connectivity index is 1.51. The smallest absolute Gasteiger partial charge is 0.262 e. The van der Waals surface area contributed by atoms with Gasteiger partial charge in [0.05, 0.1) is 4.90 Å². The Morgan fingerprint density at radius 1 is 0.871 bits per heavy atom. The Morgan fingerprint density at radius 2 is 1.52 bits per heavy atom. The van der Waals surface area contributed by atoms with E-state index in [-0.39, 0.29) is 11.5 Å². The first-order valence-corrected chi connectivity index (χ1v) is 11.0. The van der Waals surface area contributed by atoms with Crippen molar-refractivity contribution in [3.05, 3.63) is 84.4 Å². The summed E-state index contributed by atoms with van der Waals surface area (Å²) in [5.74, 6) is 0.814. The van der Waals surface area contributed by atoms with Gasteiger partial charge < -0.3 is 14.8 Å². The van der Waals surface area contributed by atoms with Crippen LogP contribution in [0.3, 0.4) is 0 Å². The van der Waals surface area contributed by atoms with Gasteiger partial charge in [-0.15, -0.1) is 0 Å². The van der Waals surface area contributed by atoms with Crippen LogP contribution in [0.4, 0.5) is 5.69 Å². The number of nitrogens with zero attached hydrogens (tertiary/aromatic N) is 1. The molecule has 0 saturated heterocycles. The number of benzene rings is 3. The number of sulfonamides is 1. The summed E-state index contributed by atoms with van der Waals surface area (Å²) in [4.78, 5) is 12.3. The number of rotatable bonds is 9. The fraction of sp³-hybridized carbons (Fsp3) is 0.174. The molecule has 0 saturated carbocycles. The summed E-state index contributed by atoms with van der Waals surface area (Å²) in [5.41, 5.74) is 1.45. The van der Waals surface area contributed by atoms with E-state index < -0.39 is 15.9 Å². The van der Waals surface area contributed by atoms with Crippen molar-refractivity contribution in [2.45, 2.75) is 11.5 Å². The van der Waals surface area contributed by atoms with Crippen LogP contribution in [0.25, 0.3) is 0 Å². The highest BCUT2D eigenvalue weighted by Crippen LogP contribution is 2.20. The lowest BCUT2D eigenvalue weighted by molar-refractivity contribution is -0.118. The molecule has 0 heterocycles. The maximum absolute atomic E-state index is 12.2. The van der Waals surface area contributed by atoms with E-state index in [4.69, 9.17) is 9.47 Å². The summed E-state index contributed by atoms with van der Waals surface area (Å²) in [5, 5.41) is 2.64. The molecule has 3 aromatic carbocycles. The first-order chi connectivity index (χ1) is 14.8. The van der Waals surface area contributed by atoms with E-state index in [9.17, 15) is 13.2 Å². The van der Waals surface area contributed by atoms with E-state index in [2.05, 4.69) is 5.32 Å². The van der Waals surface area contributed by atoms with Gasteiger partial charge in [-0.1, -0.05) is 36.4 Å². The molecule has 3 rings (SSSR count). The van der Waals surface area contributed by atoms with Crippen LogP contribution in [0.15, 0.2) is 83.8 Å². The largest absolute Gasteiger partial charge is 0.489 e. The highest BCUT2D eigenvalue weighted by molar-refractivity contribution is 7.89. The molecule has 0 aromatic heterocycles. The number of hydrogen-bond donors (Lipinski definition) is 1. The minimum Gasteiger partial charge on any atom is -0.489 e. The normalized spacial score (nSPS) is 11.2. The van der Waals surface area contributed by atoms with Crippen molar-refractivity contribution in [1.82, 2.24) is 4.31 Å². The minimum absolute atomic E-state index is 0.0994. The number of carbonyl (C=O) groups is 1. The van der Waals surface area contributed by atoms with E-state index in [1.165, 1.54) is 26.2 Å². The van der Waals surface area contributed by atoms with Crippen molar-refractivity contribution >= 4 is 21.6 Å². The molecule has 31 heavy (non-hydrogen) atoms. The van der Waals surface area contributed by atoms with E-state index in [1.807, 2.05) is 30.3 Å². The fourth-order valence-electron chi connectivity index (χ4n) is 2.66. The molecule has 0 spiro atoms. The van der Waals surface area contributed by atoms with Gasteiger partial charge in [-0.3, -0.25) is 4.79 Å².